The molecule has 17 heavy (non-hydrogen) atoms. The number of pyridine rings is 1. The fourth-order valence-electron chi connectivity index (χ4n) is 2.25. The fraction of sp³-hybridized carbons (Fsp3) is 0.357. The van der Waals surface area contributed by atoms with Crippen LogP contribution in [-0.2, 0) is 0 Å². The number of nitrogens with zero attached hydrogens (tertiary/aromatic N) is 2. The van der Waals surface area contributed by atoms with Crippen molar-refractivity contribution in [1.82, 2.24) is 9.55 Å². The van der Waals surface area contributed by atoms with Crippen molar-refractivity contribution in [1.29, 1.82) is 0 Å². The Balaban J connectivity index is 2.62. The lowest BCUT2D eigenvalue weighted by Gasteiger charge is -2.13. The van der Waals surface area contributed by atoms with Gasteiger partial charge in [0, 0.05) is 11.4 Å². The highest BCUT2D eigenvalue weighted by molar-refractivity contribution is 5.43. The predicted octanol–water partition coefficient (Wildman–Crippen LogP) is 3.11. The zero-order valence-corrected chi connectivity index (χ0v) is 11.0. The number of methoxy groups -OCH3 is 1. The predicted molar refractivity (Wildman–Crippen MR) is 69.1 cm³/mol. The van der Waals surface area contributed by atoms with E-state index in [4.69, 9.17) is 4.74 Å². The highest BCUT2D eigenvalue weighted by Crippen LogP contribution is 2.24. The van der Waals surface area contributed by atoms with Gasteiger partial charge in [0.25, 0.3) is 0 Å². The van der Waals surface area contributed by atoms with Gasteiger partial charge in [-0.2, -0.15) is 0 Å². The van der Waals surface area contributed by atoms with Gasteiger partial charge in [0.2, 0.25) is 0 Å². The average molecular weight is 230 g/mol. The summed E-state index contributed by atoms with van der Waals surface area (Å²) < 4.78 is 7.49. The second-order valence-electron chi connectivity index (χ2n) is 4.37. The summed E-state index contributed by atoms with van der Waals surface area (Å²) >= 11 is 0. The Morgan fingerprint density at radius 2 is 1.65 bits per heavy atom. The van der Waals surface area contributed by atoms with Gasteiger partial charge in [-0.25, -0.2) is 4.98 Å². The van der Waals surface area contributed by atoms with Gasteiger partial charge in [0.05, 0.1) is 12.8 Å². The van der Waals surface area contributed by atoms with E-state index in [0.29, 0.717) is 0 Å². The zero-order chi connectivity index (χ0) is 12.6. The lowest BCUT2D eigenvalue weighted by atomic mass is 10.2. The van der Waals surface area contributed by atoms with Crippen molar-refractivity contribution in [3.05, 3.63) is 40.8 Å². The van der Waals surface area contributed by atoms with Crippen LogP contribution >= 0.6 is 0 Å². The molecule has 0 aliphatic heterocycles. The van der Waals surface area contributed by atoms with E-state index in [1.165, 1.54) is 11.4 Å². The first kappa shape index (κ1) is 11.7. The first-order valence-corrected chi connectivity index (χ1v) is 5.72. The van der Waals surface area contributed by atoms with Gasteiger partial charge in [-0.15, -0.1) is 0 Å². The molecule has 0 saturated carbocycles. The Morgan fingerprint density at radius 3 is 2.12 bits per heavy atom. The van der Waals surface area contributed by atoms with Gasteiger partial charge in [-0.1, -0.05) is 0 Å². The first-order valence-electron chi connectivity index (χ1n) is 5.72. The van der Waals surface area contributed by atoms with Crippen molar-refractivity contribution >= 4 is 0 Å². The van der Waals surface area contributed by atoms with Crippen molar-refractivity contribution in [2.24, 2.45) is 0 Å². The normalized spacial score (nSPS) is 10.6. The summed E-state index contributed by atoms with van der Waals surface area (Å²) in [6, 6.07) is 6.27. The number of rotatable bonds is 2. The van der Waals surface area contributed by atoms with Crippen molar-refractivity contribution in [3.8, 4) is 11.6 Å². The molecule has 3 nitrogen and oxygen atoms in total. The molecule has 0 N–H and O–H groups in total. The maximum Gasteiger partial charge on any atom is 0.143 e. The summed E-state index contributed by atoms with van der Waals surface area (Å²) in [6.45, 7) is 8.20. The summed E-state index contributed by atoms with van der Waals surface area (Å²) in [4.78, 5) is 4.61. The molecule has 2 rings (SSSR count). The van der Waals surface area contributed by atoms with Crippen LogP contribution in [0.5, 0.6) is 5.75 Å². The van der Waals surface area contributed by atoms with Crippen molar-refractivity contribution in [2.45, 2.75) is 27.7 Å². The third-order valence-corrected chi connectivity index (χ3v) is 3.02. The maximum atomic E-state index is 5.34. The molecule has 0 saturated heterocycles. The van der Waals surface area contributed by atoms with Gasteiger partial charge in [0.15, 0.2) is 0 Å². The summed E-state index contributed by atoms with van der Waals surface area (Å²) in [5, 5.41) is 0. The topological polar surface area (TPSA) is 27.1 Å². The van der Waals surface area contributed by atoms with Crippen LogP contribution in [0.1, 0.15) is 22.6 Å². The highest BCUT2D eigenvalue weighted by atomic mass is 16.5. The molecule has 3 heteroatoms. The second kappa shape index (κ2) is 4.24. The van der Waals surface area contributed by atoms with E-state index in [9.17, 15) is 0 Å². The van der Waals surface area contributed by atoms with Crippen LogP contribution in [0.4, 0.5) is 0 Å². The van der Waals surface area contributed by atoms with Gasteiger partial charge in [0.1, 0.15) is 11.6 Å². The average Bonchev–Trinajstić information content (AvgIpc) is 2.58. The lowest BCUT2D eigenvalue weighted by molar-refractivity contribution is 0.406. The molecule has 0 amide bonds. The first-order chi connectivity index (χ1) is 8.04. The molecule has 2 heterocycles. The SMILES string of the molecule is COc1c(C)cc(-n2c(C)ccc2C)nc1C. The van der Waals surface area contributed by atoms with Crippen molar-refractivity contribution in [2.75, 3.05) is 7.11 Å². The molecule has 0 aliphatic rings. The van der Waals surface area contributed by atoms with Crippen LogP contribution in [0.15, 0.2) is 18.2 Å². The zero-order valence-electron chi connectivity index (χ0n) is 11.0. The van der Waals surface area contributed by atoms with Crippen LogP contribution in [-0.4, -0.2) is 16.7 Å². The summed E-state index contributed by atoms with van der Waals surface area (Å²) in [6.07, 6.45) is 0. The van der Waals surface area contributed by atoms with Crippen LogP contribution in [0.2, 0.25) is 0 Å². The third-order valence-electron chi connectivity index (χ3n) is 3.02. The second-order valence-corrected chi connectivity index (χ2v) is 4.37. The number of hydrogen-bond donors (Lipinski definition) is 0. The Morgan fingerprint density at radius 1 is 1.06 bits per heavy atom. The molecule has 2 aromatic heterocycles. The molecule has 0 bridgehead atoms. The molecule has 2 aromatic rings. The van der Waals surface area contributed by atoms with Crippen LogP contribution in [0, 0.1) is 27.7 Å². The molecule has 0 fully saturated rings. The fourth-order valence-corrected chi connectivity index (χ4v) is 2.25. The smallest absolute Gasteiger partial charge is 0.143 e. The Bertz CT molecular complexity index is 513. The molecule has 0 aromatic carbocycles. The third kappa shape index (κ3) is 1.93. The highest BCUT2D eigenvalue weighted by Gasteiger charge is 2.10. The van der Waals surface area contributed by atoms with Crippen molar-refractivity contribution in [3.63, 3.8) is 0 Å². The van der Waals surface area contributed by atoms with E-state index in [1.54, 1.807) is 7.11 Å². The number of aryl methyl sites for hydroxylation is 4. The maximum absolute atomic E-state index is 5.34. The molecule has 90 valence electrons. The van der Waals surface area contributed by atoms with Crippen LogP contribution in [0.3, 0.4) is 0 Å². The molecule has 0 unspecified atom stereocenters. The number of ether oxygens (including phenoxy) is 1. The standard InChI is InChI=1S/C14H18N2O/c1-9-8-13(15-12(4)14(9)17-5)16-10(2)6-7-11(16)3/h6-8H,1-5H3. The van der Waals surface area contributed by atoms with Crippen LogP contribution in [0.25, 0.3) is 5.82 Å². The van der Waals surface area contributed by atoms with Gasteiger partial charge in [-0.05, 0) is 51.5 Å². The van der Waals surface area contributed by atoms with E-state index >= 15 is 0 Å². The molecule has 0 spiro atoms. The monoisotopic (exact) mass is 230 g/mol. The molecular formula is C14H18N2O. The molecule has 0 aliphatic carbocycles. The van der Waals surface area contributed by atoms with Gasteiger partial charge >= 0.3 is 0 Å². The molecule has 0 atom stereocenters. The minimum Gasteiger partial charge on any atom is -0.495 e. The lowest BCUT2D eigenvalue weighted by Crippen LogP contribution is -2.05. The Hall–Kier alpha value is -1.77. The van der Waals surface area contributed by atoms with E-state index < -0.39 is 0 Å². The van der Waals surface area contributed by atoms with Gasteiger partial charge in [-0.3, -0.25) is 0 Å². The quantitative estimate of drug-likeness (QED) is 0.792. The minimum atomic E-state index is 0.871. The molecular weight excluding hydrogens is 212 g/mol. The van der Waals surface area contributed by atoms with Gasteiger partial charge < -0.3 is 9.30 Å². The summed E-state index contributed by atoms with van der Waals surface area (Å²) in [5.41, 5.74) is 4.43. The Labute approximate surface area is 102 Å². The minimum absolute atomic E-state index is 0.871. The van der Waals surface area contributed by atoms with E-state index in [2.05, 4.69) is 41.6 Å². The number of hydrogen-bond acceptors (Lipinski definition) is 2. The Kier molecular flexibility index (Phi) is 2.92. The number of aromatic nitrogens is 2. The molecule has 0 radical (unpaired) electrons. The van der Waals surface area contributed by atoms with Crippen LogP contribution < -0.4 is 4.74 Å². The van der Waals surface area contributed by atoms with E-state index in [0.717, 1.165) is 22.8 Å². The van der Waals surface area contributed by atoms with Crippen molar-refractivity contribution < 1.29 is 4.74 Å². The van der Waals surface area contributed by atoms with E-state index in [-0.39, 0.29) is 0 Å². The largest absolute Gasteiger partial charge is 0.495 e. The van der Waals surface area contributed by atoms with E-state index in [1.807, 2.05) is 13.8 Å². The summed E-state index contributed by atoms with van der Waals surface area (Å²) in [7, 11) is 1.68. The summed E-state index contributed by atoms with van der Waals surface area (Å²) in [5.74, 6) is 1.83.